The van der Waals surface area contributed by atoms with Crippen molar-refractivity contribution in [2.75, 3.05) is 32.1 Å². The lowest BCUT2D eigenvalue weighted by Crippen LogP contribution is -2.33. The fourth-order valence-corrected chi connectivity index (χ4v) is 5.37. The normalized spacial score (nSPS) is 17.1. The number of carbonyl (C=O) groups is 4. The number of esters is 1. The van der Waals surface area contributed by atoms with E-state index < -0.39 is 11.2 Å². The van der Waals surface area contributed by atoms with Gasteiger partial charge >= 0.3 is 5.97 Å². The van der Waals surface area contributed by atoms with Gasteiger partial charge < -0.3 is 19.9 Å². The molecule has 200 valence electrons. The van der Waals surface area contributed by atoms with Crippen molar-refractivity contribution < 1.29 is 23.9 Å². The van der Waals surface area contributed by atoms with E-state index >= 15 is 0 Å². The number of hydrogen-bond donors (Lipinski definition) is 1. The van der Waals surface area contributed by atoms with Crippen LogP contribution in [0.2, 0.25) is 0 Å². The Bertz CT molecular complexity index is 1220. The predicted octanol–water partition coefficient (Wildman–Crippen LogP) is 3.62. The molecule has 2 aliphatic rings. The zero-order valence-electron chi connectivity index (χ0n) is 21.6. The highest BCUT2D eigenvalue weighted by atomic mass is 32.2. The van der Waals surface area contributed by atoms with Gasteiger partial charge in [0, 0.05) is 38.8 Å². The third kappa shape index (κ3) is 7.22. The first-order valence-electron chi connectivity index (χ1n) is 12.7. The molecule has 38 heavy (non-hydrogen) atoms. The molecule has 1 fully saturated rings. The smallest absolute Gasteiger partial charge is 0.338 e. The number of likely N-dealkylation sites (N-methyl/N-ethyl adjacent to an activating group) is 1. The van der Waals surface area contributed by atoms with Crippen LogP contribution in [0.25, 0.3) is 0 Å². The molecule has 2 aromatic carbocycles. The van der Waals surface area contributed by atoms with Crippen LogP contribution in [0, 0.1) is 6.92 Å². The Hall–Kier alpha value is -3.66. The number of amides is 3. The molecule has 3 amide bonds. The molecular formula is C28H32N4O5S. The molecule has 0 bridgehead atoms. The van der Waals surface area contributed by atoms with E-state index in [0.717, 1.165) is 42.2 Å². The number of nitrogens with one attached hydrogen (secondary N) is 1. The highest BCUT2D eigenvalue weighted by Crippen LogP contribution is 2.29. The summed E-state index contributed by atoms with van der Waals surface area (Å²) in [6.45, 7) is 3.83. The number of ether oxygens (including phenoxy) is 1. The molecule has 2 heterocycles. The monoisotopic (exact) mass is 536 g/mol. The van der Waals surface area contributed by atoms with Gasteiger partial charge in [0.25, 0.3) is 11.8 Å². The number of piperidine rings is 1. The van der Waals surface area contributed by atoms with E-state index in [-0.39, 0.29) is 36.3 Å². The molecule has 0 aromatic heterocycles. The first kappa shape index (κ1) is 27.4. The van der Waals surface area contributed by atoms with Crippen LogP contribution in [0.4, 0.5) is 5.69 Å². The average molecular weight is 537 g/mol. The average Bonchev–Trinajstić information content (AvgIpc) is 3.28. The maximum absolute atomic E-state index is 12.5. The van der Waals surface area contributed by atoms with Crippen LogP contribution in [0.3, 0.4) is 0 Å². The van der Waals surface area contributed by atoms with Gasteiger partial charge in [-0.05, 0) is 61.6 Å². The fraction of sp³-hybridized carbons (Fsp3) is 0.393. The van der Waals surface area contributed by atoms with Crippen molar-refractivity contribution in [3.05, 3.63) is 65.2 Å². The number of hydrogen-bond acceptors (Lipinski definition) is 7. The van der Waals surface area contributed by atoms with Crippen molar-refractivity contribution in [1.82, 2.24) is 9.80 Å². The number of aryl methyl sites for hydroxylation is 1. The Morgan fingerprint density at radius 3 is 2.50 bits per heavy atom. The SMILES string of the molecule is Cc1ccccc1CN(C)C(=O)COC(=O)c1ccc(NC(=O)C[C@H]2SC(N3CCCCC3)=NC2=O)cc1. The maximum Gasteiger partial charge on any atom is 0.338 e. The van der Waals surface area contributed by atoms with Gasteiger partial charge in [0.2, 0.25) is 5.91 Å². The molecule has 0 aliphatic carbocycles. The molecule has 1 N–H and O–H groups in total. The molecule has 2 aromatic rings. The van der Waals surface area contributed by atoms with Gasteiger partial charge in [-0.3, -0.25) is 14.4 Å². The van der Waals surface area contributed by atoms with Crippen LogP contribution in [0.5, 0.6) is 0 Å². The van der Waals surface area contributed by atoms with Crippen molar-refractivity contribution in [2.24, 2.45) is 4.99 Å². The molecule has 1 saturated heterocycles. The Kier molecular flexibility index (Phi) is 9.17. The molecule has 0 unspecified atom stereocenters. The van der Waals surface area contributed by atoms with E-state index in [1.807, 2.05) is 31.2 Å². The van der Waals surface area contributed by atoms with E-state index in [2.05, 4.69) is 15.2 Å². The van der Waals surface area contributed by atoms with Crippen molar-refractivity contribution in [3.63, 3.8) is 0 Å². The number of anilines is 1. The Morgan fingerprint density at radius 2 is 1.79 bits per heavy atom. The second-order valence-electron chi connectivity index (χ2n) is 9.47. The van der Waals surface area contributed by atoms with E-state index in [1.54, 1.807) is 19.2 Å². The van der Waals surface area contributed by atoms with Crippen LogP contribution in [-0.2, 0) is 25.7 Å². The first-order valence-corrected chi connectivity index (χ1v) is 13.6. The van der Waals surface area contributed by atoms with Gasteiger partial charge in [0.1, 0.15) is 5.25 Å². The zero-order chi connectivity index (χ0) is 27.1. The van der Waals surface area contributed by atoms with Crippen LogP contribution < -0.4 is 5.32 Å². The summed E-state index contributed by atoms with van der Waals surface area (Å²) < 4.78 is 5.19. The van der Waals surface area contributed by atoms with Crippen molar-refractivity contribution in [1.29, 1.82) is 0 Å². The summed E-state index contributed by atoms with van der Waals surface area (Å²) in [5, 5.41) is 2.95. The number of amidine groups is 1. The van der Waals surface area contributed by atoms with Crippen molar-refractivity contribution in [3.8, 4) is 0 Å². The number of rotatable bonds is 8. The molecule has 0 saturated carbocycles. The van der Waals surface area contributed by atoms with E-state index in [0.29, 0.717) is 12.2 Å². The van der Waals surface area contributed by atoms with Crippen molar-refractivity contribution in [2.45, 2.75) is 44.4 Å². The van der Waals surface area contributed by atoms with Crippen LogP contribution in [0.15, 0.2) is 53.5 Å². The van der Waals surface area contributed by atoms with Gasteiger partial charge in [-0.15, -0.1) is 0 Å². The summed E-state index contributed by atoms with van der Waals surface area (Å²) in [5.41, 5.74) is 2.87. The predicted molar refractivity (Wildman–Crippen MR) is 147 cm³/mol. The number of aliphatic imine (C=N–C) groups is 1. The van der Waals surface area contributed by atoms with E-state index in [4.69, 9.17) is 4.74 Å². The highest BCUT2D eigenvalue weighted by molar-refractivity contribution is 8.15. The Morgan fingerprint density at radius 1 is 1.08 bits per heavy atom. The minimum atomic E-state index is -0.629. The minimum Gasteiger partial charge on any atom is -0.452 e. The fourth-order valence-electron chi connectivity index (χ4n) is 4.25. The van der Waals surface area contributed by atoms with Crippen LogP contribution in [0.1, 0.15) is 47.2 Å². The second kappa shape index (κ2) is 12.7. The Balaban J connectivity index is 1.21. The molecule has 0 spiro atoms. The summed E-state index contributed by atoms with van der Waals surface area (Å²) in [5.74, 6) is -1.51. The molecular weight excluding hydrogens is 504 g/mol. The molecule has 1 atom stereocenters. The highest BCUT2D eigenvalue weighted by Gasteiger charge is 2.33. The molecule has 9 nitrogen and oxygen atoms in total. The number of thioether (sulfide) groups is 1. The zero-order valence-corrected chi connectivity index (χ0v) is 22.5. The van der Waals surface area contributed by atoms with Gasteiger partial charge in [0.05, 0.1) is 5.56 Å². The maximum atomic E-state index is 12.5. The lowest BCUT2D eigenvalue weighted by molar-refractivity contribution is -0.133. The number of carbonyl (C=O) groups excluding carboxylic acids is 4. The number of benzene rings is 2. The van der Waals surface area contributed by atoms with Crippen LogP contribution in [-0.4, -0.2) is 70.7 Å². The summed E-state index contributed by atoms with van der Waals surface area (Å²) in [7, 11) is 1.67. The third-order valence-corrected chi connectivity index (χ3v) is 7.77. The largest absolute Gasteiger partial charge is 0.452 e. The second-order valence-corrected chi connectivity index (χ2v) is 10.6. The summed E-state index contributed by atoms with van der Waals surface area (Å²) in [6, 6.07) is 14.0. The quantitative estimate of drug-likeness (QED) is 0.514. The van der Waals surface area contributed by atoms with Crippen LogP contribution >= 0.6 is 11.8 Å². The first-order chi connectivity index (χ1) is 18.3. The summed E-state index contributed by atoms with van der Waals surface area (Å²) in [6.07, 6.45) is 3.38. The summed E-state index contributed by atoms with van der Waals surface area (Å²) in [4.78, 5) is 57.4. The molecule has 4 rings (SSSR count). The van der Waals surface area contributed by atoms with Gasteiger partial charge in [-0.25, -0.2) is 4.79 Å². The minimum absolute atomic E-state index is 0.0201. The topological polar surface area (TPSA) is 108 Å². The molecule has 10 heteroatoms. The lowest BCUT2D eigenvalue weighted by Gasteiger charge is -2.27. The van der Waals surface area contributed by atoms with Gasteiger partial charge in [-0.2, -0.15) is 4.99 Å². The summed E-state index contributed by atoms with van der Waals surface area (Å²) >= 11 is 1.35. The van der Waals surface area contributed by atoms with Gasteiger partial charge in [0.15, 0.2) is 11.8 Å². The standard InChI is InChI=1S/C28H32N4O5S/c1-19-8-4-5-9-21(19)17-31(2)25(34)18-37-27(36)20-10-12-22(13-11-20)29-24(33)16-23-26(35)30-28(38-23)32-14-6-3-7-15-32/h4-5,8-13,23H,3,6-7,14-18H2,1-2H3,(H,29,33)/t23-/m1/s1. The molecule has 0 radical (unpaired) electrons. The number of nitrogens with zero attached hydrogens (tertiary/aromatic N) is 3. The van der Waals surface area contributed by atoms with Gasteiger partial charge in [-0.1, -0.05) is 36.0 Å². The van der Waals surface area contributed by atoms with E-state index in [1.165, 1.54) is 35.2 Å². The molecule has 2 aliphatic heterocycles. The number of likely N-dealkylation sites (tertiary alicyclic amines) is 1. The third-order valence-electron chi connectivity index (χ3n) is 6.55. The Labute approximate surface area is 226 Å². The lowest BCUT2D eigenvalue weighted by atomic mass is 10.1. The van der Waals surface area contributed by atoms with E-state index in [9.17, 15) is 19.2 Å². The van der Waals surface area contributed by atoms with Crippen molar-refractivity contribution >= 4 is 46.3 Å².